The number of hydrogen-bond donors (Lipinski definition) is 3. The first-order chi connectivity index (χ1) is 17.9. The number of nitrogens with zero attached hydrogens (tertiary/aromatic N) is 4. The molecule has 0 fully saturated rings. The van der Waals surface area contributed by atoms with Crippen LogP contribution in [0.5, 0.6) is 5.75 Å². The summed E-state index contributed by atoms with van der Waals surface area (Å²) in [5.41, 5.74) is 6.71. The van der Waals surface area contributed by atoms with Crippen molar-refractivity contribution in [3.8, 4) is 17.0 Å². The van der Waals surface area contributed by atoms with Crippen molar-refractivity contribution in [3.63, 3.8) is 0 Å². The molecular weight excluding hydrogens is 477 g/mol. The maximum absolute atomic E-state index is 13.6. The summed E-state index contributed by atoms with van der Waals surface area (Å²) in [7, 11) is 1.55. The molecule has 10 nitrogen and oxygen atoms in total. The molecule has 3 heterocycles. The fraction of sp³-hybridized carbons (Fsp3) is 0.192. The Labute approximate surface area is 213 Å². The van der Waals surface area contributed by atoms with Crippen LogP contribution >= 0.6 is 0 Å². The van der Waals surface area contributed by atoms with Crippen LogP contribution in [-0.2, 0) is 4.84 Å². The van der Waals surface area contributed by atoms with Gasteiger partial charge in [0.05, 0.1) is 60.1 Å². The van der Waals surface area contributed by atoms with Gasteiger partial charge in [-0.15, -0.1) is 0 Å². The molecule has 11 heteroatoms. The molecular formula is C26H26FN7O3. The highest BCUT2D eigenvalue weighted by molar-refractivity contribution is 6.00. The summed E-state index contributed by atoms with van der Waals surface area (Å²) in [5.74, 6) is -0.111. The number of aryl methyl sites for hydroxylation is 2. The van der Waals surface area contributed by atoms with E-state index in [1.807, 2.05) is 25.1 Å². The average Bonchev–Trinajstić information content (AvgIpc) is 2.90. The van der Waals surface area contributed by atoms with Crippen LogP contribution in [0.2, 0.25) is 0 Å². The number of methoxy groups -OCH3 is 1. The SMILES string of the molecule is CCONC(=O)c1cnc(Nc2cnc(F)c(C)c2)cc1Nc1cccc(-c2cnc(C)cn2)c1OC. The number of nitrogens with one attached hydrogen (secondary N) is 3. The van der Waals surface area contributed by atoms with Gasteiger partial charge < -0.3 is 15.4 Å². The van der Waals surface area contributed by atoms with E-state index in [0.29, 0.717) is 46.5 Å². The standard InChI is InChI=1S/C26H26FN7O3/c1-5-37-34-26(35)19-13-30-23(32-17-9-15(2)25(27)31-12-17)10-21(19)33-20-8-6-7-18(24(20)36-4)22-14-28-16(3)11-29-22/h6-14H,5H2,1-4H3,(H,34,35)(H2,30,32,33). The Morgan fingerprint density at radius 2 is 1.81 bits per heavy atom. The summed E-state index contributed by atoms with van der Waals surface area (Å²) in [6.45, 7) is 5.53. The largest absolute Gasteiger partial charge is 0.494 e. The van der Waals surface area contributed by atoms with Crippen LogP contribution in [0.15, 0.2) is 55.1 Å². The highest BCUT2D eigenvalue weighted by atomic mass is 19.1. The van der Waals surface area contributed by atoms with Crippen LogP contribution < -0.4 is 20.9 Å². The smallest absolute Gasteiger partial charge is 0.278 e. The Hall–Kier alpha value is -4.64. The zero-order valence-electron chi connectivity index (χ0n) is 20.8. The van der Waals surface area contributed by atoms with Crippen molar-refractivity contribution >= 4 is 28.8 Å². The van der Waals surface area contributed by atoms with Gasteiger partial charge in [0, 0.05) is 29.6 Å². The van der Waals surface area contributed by atoms with E-state index in [0.717, 1.165) is 11.3 Å². The minimum Gasteiger partial charge on any atom is -0.494 e. The third-order valence-electron chi connectivity index (χ3n) is 5.29. The van der Waals surface area contributed by atoms with E-state index in [2.05, 4.69) is 36.0 Å². The zero-order chi connectivity index (χ0) is 26.4. The fourth-order valence-corrected chi connectivity index (χ4v) is 3.51. The maximum atomic E-state index is 13.6. The van der Waals surface area contributed by atoms with Crippen molar-refractivity contribution in [2.24, 2.45) is 0 Å². The van der Waals surface area contributed by atoms with Crippen molar-refractivity contribution in [1.82, 2.24) is 25.4 Å². The third-order valence-corrected chi connectivity index (χ3v) is 5.29. The molecule has 0 atom stereocenters. The number of hydroxylamine groups is 1. The Morgan fingerprint density at radius 3 is 2.51 bits per heavy atom. The van der Waals surface area contributed by atoms with Gasteiger partial charge in [-0.05, 0) is 39.0 Å². The van der Waals surface area contributed by atoms with Crippen molar-refractivity contribution in [2.75, 3.05) is 24.4 Å². The normalized spacial score (nSPS) is 10.6. The molecule has 0 aliphatic rings. The minimum absolute atomic E-state index is 0.231. The summed E-state index contributed by atoms with van der Waals surface area (Å²) in [6.07, 6.45) is 6.12. The highest BCUT2D eigenvalue weighted by Gasteiger charge is 2.18. The van der Waals surface area contributed by atoms with Crippen LogP contribution in [-0.4, -0.2) is 39.6 Å². The molecule has 37 heavy (non-hydrogen) atoms. The van der Waals surface area contributed by atoms with E-state index in [4.69, 9.17) is 9.57 Å². The number of benzene rings is 1. The van der Waals surface area contributed by atoms with Crippen LogP contribution in [0.25, 0.3) is 11.3 Å². The molecule has 1 amide bonds. The molecule has 0 bridgehead atoms. The van der Waals surface area contributed by atoms with E-state index >= 15 is 0 Å². The number of carbonyl (C=O) groups excluding carboxylic acids is 1. The van der Waals surface area contributed by atoms with Gasteiger partial charge in [0.25, 0.3) is 5.91 Å². The molecule has 4 rings (SSSR count). The summed E-state index contributed by atoms with van der Waals surface area (Å²) in [6, 6.07) is 8.79. The number of pyridine rings is 2. The maximum Gasteiger partial charge on any atom is 0.278 e. The van der Waals surface area contributed by atoms with Gasteiger partial charge in [0.1, 0.15) is 5.82 Å². The number of halogens is 1. The molecule has 4 aromatic rings. The lowest BCUT2D eigenvalue weighted by molar-refractivity contribution is 0.0365. The number of hydrogen-bond acceptors (Lipinski definition) is 9. The van der Waals surface area contributed by atoms with Crippen molar-refractivity contribution in [2.45, 2.75) is 20.8 Å². The Morgan fingerprint density at radius 1 is 0.973 bits per heavy atom. The first-order valence-corrected chi connectivity index (χ1v) is 11.4. The Bertz CT molecular complexity index is 1410. The zero-order valence-corrected chi connectivity index (χ0v) is 20.8. The molecule has 0 saturated carbocycles. The van der Waals surface area contributed by atoms with Crippen LogP contribution in [0.3, 0.4) is 0 Å². The van der Waals surface area contributed by atoms with E-state index < -0.39 is 11.9 Å². The number of amides is 1. The van der Waals surface area contributed by atoms with Crippen LogP contribution in [0.1, 0.15) is 28.5 Å². The summed E-state index contributed by atoms with van der Waals surface area (Å²) >= 11 is 0. The number of ether oxygens (including phenoxy) is 1. The van der Waals surface area contributed by atoms with Crippen molar-refractivity contribution in [3.05, 3.63) is 77.9 Å². The number of anilines is 4. The van der Waals surface area contributed by atoms with Gasteiger partial charge in [-0.2, -0.15) is 4.39 Å². The van der Waals surface area contributed by atoms with E-state index in [1.165, 1.54) is 12.4 Å². The summed E-state index contributed by atoms with van der Waals surface area (Å²) < 4.78 is 19.3. The van der Waals surface area contributed by atoms with Gasteiger partial charge in [-0.3, -0.25) is 19.6 Å². The fourth-order valence-electron chi connectivity index (χ4n) is 3.51. The van der Waals surface area contributed by atoms with E-state index in [1.54, 1.807) is 45.5 Å². The summed E-state index contributed by atoms with van der Waals surface area (Å²) in [5, 5.41) is 6.36. The second kappa shape index (κ2) is 11.4. The van der Waals surface area contributed by atoms with E-state index in [9.17, 15) is 9.18 Å². The number of rotatable bonds is 9. The number of para-hydroxylation sites is 1. The number of carbonyl (C=O) groups is 1. The molecule has 0 spiro atoms. The van der Waals surface area contributed by atoms with E-state index in [-0.39, 0.29) is 5.56 Å². The summed E-state index contributed by atoms with van der Waals surface area (Å²) in [4.78, 5) is 34.7. The first-order valence-electron chi connectivity index (χ1n) is 11.4. The molecule has 190 valence electrons. The molecule has 0 radical (unpaired) electrons. The lowest BCUT2D eigenvalue weighted by Crippen LogP contribution is -2.24. The molecule has 0 aliphatic heterocycles. The molecule has 0 saturated heterocycles. The topological polar surface area (TPSA) is 123 Å². The Kier molecular flexibility index (Phi) is 7.84. The number of aromatic nitrogens is 4. The highest BCUT2D eigenvalue weighted by Crippen LogP contribution is 2.38. The van der Waals surface area contributed by atoms with Crippen molar-refractivity contribution < 1.29 is 18.8 Å². The lowest BCUT2D eigenvalue weighted by atomic mass is 10.1. The van der Waals surface area contributed by atoms with Gasteiger partial charge in [0.15, 0.2) is 5.75 Å². The van der Waals surface area contributed by atoms with Gasteiger partial charge >= 0.3 is 0 Å². The van der Waals surface area contributed by atoms with Gasteiger partial charge in [0.2, 0.25) is 5.95 Å². The average molecular weight is 504 g/mol. The lowest BCUT2D eigenvalue weighted by Gasteiger charge is -2.18. The second-order valence-electron chi connectivity index (χ2n) is 7.99. The van der Waals surface area contributed by atoms with Crippen molar-refractivity contribution in [1.29, 1.82) is 0 Å². The molecule has 0 aliphatic carbocycles. The van der Waals surface area contributed by atoms with Gasteiger partial charge in [-0.25, -0.2) is 15.4 Å². The molecule has 1 aromatic carbocycles. The quantitative estimate of drug-likeness (QED) is 0.217. The third kappa shape index (κ3) is 5.96. The molecule has 3 N–H and O–H groups in total. The monoisotopic (exact) mass is 503 g/mol. The van der Waals surface area contributed by atoms with Crippen LogP contribution in [0.4, 0.5) is 27.3 Å². The Balaban J connectivity index is 1.73. The molecule has 0 unspecified atom stereocenters. The first kappa shape index (κ1) is 25.5. The molecule has 3 aromatic heterocycles. The van der Waals surface area contributed by atoms with Gasteiger partial charge in [-0.1, -0.05) is 6.07 Å². The predicted octanol–water partition coefficient (Wildman–Crippen LogP) is 4.87. The second-order valence-corrected chi connectivity index (χ2v) is 7.99. The predicted molar refractivity (Wildman–Crippen MR) is 138 cm³/mol. The van der Waals surface area contributed by atoms with Crippen LogP contribution in [0, 0.1) is 19.8 Å². The minimum atomic E-state index is -0.547.